The van der Waals surface area contributed by atoms with Gasteiger partial charge in [0.2, 0.25) is 0 Å². The van der Waals surface area contributed by atoms with Gasteiger partial charge < -0.3 is 20.3 Å². The molecule has 2 heterocycles. The number of aryl methyl sites for hydroxylation is 3. The molecule has 52 heavy (non-hydrogen) atoms. The maximum atomic E-state index is 6.58. The van der Waals surface area contributed by atoms with Gasteiger partial charge in [-0.3, -0.25) is 4.68 Å². The van der Waals surface area contributed by atoms with Crippen molar-refractivity contribution < 1.29 is 4.74 Å². The van der Waals surface area contributed by atoms with Crippen molar-refractivity contribution in [3.8, 4) is 10.4 Å². The molecule has 3 rings (SSSR count). The van der Waals surface area contributed by atoms with Crippen LogP contribution >= 0.6 is 34.5 Å². The fraction of sp³-hybridized carbons (Fsp3) is 0.476. The Bertz CT molecular complexity index is 1570. The minimum absolute atomic E-state index is 0.301. The summed E-state index contributed by atoms with van der Waals surface area (Å²) < 4.78 is 7.71. The molecule has 0 saturated carbocycles. The van der Waals surface area contributed by atoms with Crippen LogP contribution in [0.5, 0.6) is 0 Å². The second-order valence-electron chi connectivity index (χ2n) is 11.9. The maximum absolute atomic E-state index is 6.58. The number of nitrogens with one attached hydrogen (secondary N) is 2. The van der Waals surface area contributed by atoms with E-state index >= 15 is 0 Å². The molecule has 1 aliphatic rings. The van der Waals surface area contributed by atoms with Crippen LogP contribution in [0.25, 0.3) is 10.4 Å². The zero-order valence-electron chi connectivity index (χ0n) is 33.4. The molecule has 0 aliphatic heterocycles. The predicted molar refractivity (Wildman–Crippen MR) is 231 cm³/mol. The summed E-state index contributed by atoms with van der Waals surface area (Å²) in [7, 11) is 4.10. The van der Waals surface area contributed by atoms with Crippen LogP contribution in [0, 0.1) is 6.92 Å². The molecule has 2 N–H and O–H groups in total. The van der Waals surface area contributed by atoms with Gasteiger partial charge in [-0.25, -0.2) is 4.99 Å². The Balaban J connectivity index is 0.00000119. The number of hydrogen-bond donors (Lipinski definition) is 2. The quantitative estimate of drug-likeness (QED) is 0.0684. The first-order valence-electron chi connectivity index (χ1n) is 18.7. The average molecular weight is 772 g/mol. The molecule has 0 spiro atoms. The zero-order chi connectivity index (χ0) is 38.9. The molecule has 0 atom stereocenters. The van der Waals surface area contributed by atoms with Crippen molar-refractivity contribution >= 4 is 40.4 Å². The SMILES string of the molecule is C=C(/C=C\C(Cl)=C/CC)CO/C=C(Cl)/C=C(\C=C/C)NC(=N/C=C/CCC)c1c(C)sc2c1CCc1nn(CC)cc1-2.CC.CCN(C)CCNC. The Morgan fingerprint density at radius 2 is 1.88 bits per heavy atom. The van der Waals surface area contributed by atoms with Crippen LogP contribution in [0.15, 0.2) is 94.1 Å². The first-order chi connectivity index (χ1) is 25.1. The first-order valence-corrected chi connectivity index (χ1v) is 20.2. The van der Waals surface area contributed by atoms with Crippen LogP contribution in [-0.2, 0) is 24.1 Å². The topological polar surface area (TPSA) is 66.7 Å². The summed E-state index contributed by atoms with van der Waals surface area (Å²) in [6.07, 6.45) is 23.8. The van der Waals surface area contributed by atoms with E-state index in [1.807, 2.05) is 93.4 Å². The van der Waals surface area contributed by atoms with Crippen molar-refractivity contribution in [3.63, 3.8) is 0 Å². The summed E-state index contributed by atoms with van der Waals surface area (Å²) in [5.74, 6) is 0.800. The Hall–Kier alpha value is -3.14. The highest BCUT2D eigenvalue weighted by molar-refractivity contribution is 7.16. The van der Waals surface area contributed by atoms with E-state index < -0.39 is 0 Å². The van der Waals surface area contributed by atoms with E-state index in [1.54, 1.807) is 0 Å². The number of aromatic nitrogens is 2. The molecule has 1 aliphatic carbocycles. The van der Waals surface area contributed by atoms with Crippen molar-refractivity contribution in [2.75, 3.05) is 40.3 Å². The third-order valence-electron chi connectivity index (χ3n) is 7.73. The molecule has 0 aromatic carbocycles. The van der Waals surface area contributed by atoms with Gasteiger partial charge in [-0.2, -0.15) is 5.10 Å². The number of halogens is 2. The van der Waals surface area contributed by atoms with E-state index in [1.165, 1.54) is 32.8 Å². The van der Waals surface area contributed by atoms with Gasteiger partial charge in [-0.05, 0) is 96.5 Å². The summed E-state index contributed by atoms with van der Waals surface area (Å²) in [5.41, 5.74) is 6.47. The van der Waals surface area contributed by atoms with Crippen molar-refractivity contribution in [2.45, 2.75) is 94.0 Å². The third-order valence-corrected chi connectivity index (χ3v) is 9.39. The van der Waals surface area contributed by atoms with Gasteiger partial charge in [0.25, 0.3) is 0 Å². The van der Waals surface area contributed by atoms with E-state index in [0.717, 1.165) is 81.0 Å². The molecule has 7 nitrogen and oxygen atoms in total. The molecule has 10 heteroatoms. The molecule has 0 bridgehead atoms. The number of rotatable bonds is 18. The molecular weight excluding hydrogens is 707 g/mol. The standard InChI is InChI=1S/C34H42Cl2N4OS.C6H16N2.C2H6/c1-7-11-12-19-37-34(32-25(6)42-33-29(32)17-18-31-30(33)21-40(10-4)39-31)38-28(14-9-3)20-27(36)23-41-22-24(5)15-16-26(35)13-8-2;1-4-8(3)6-5-7-2;1-2/h9,12-16,19-21,23H,5,7-8,10-11,17-18,22H2,1-4,6H3,(H,37,38);7H,4-6H2,1-3H3;1-2H3/b14-9-,16-15-,19-12+,26-13+,27-23-,28-20+;;. The van der Waals surface area contributed by atoms with Crippen LogP contribution in [-0.4, -0.2) is 60.9 Å². The minimum Gasteiger partial charge on any atom is -0.495 e. The normalized spacial score (nSPS) is 13.6. The fourth-order valence-corrected chi connectivity index (χ4v) is 6.58. The smallest absolute Gasteiger partial charge is 0.139 e. The highest BCUT2D eigenvalue weighted by Crippen LogP contribution is 2.42. The van der Waals surface area contributed by atoms with E-state index in [4.69, 9.17) is 38.0 Å². The maximum Gasteiger partial charge on any atom is 0.139 e. The highest BCUT2D eigenvalue weighted by Gasteiger charge is 2.27. The van der Waals surface area contributed by atoms with Gasteiger partial charge in [-0.15, -0.1) is 11.3 Å². The van der Waals surface area contributed by atoms with E-state index in [2.05, 4.69) is 69.1 Å². The Morgan fingerprint density at radius 1 is 1.13 bits per heavy atom. The van der Waals surface area contributed by atoms with Crippen molar-refractivity contribution in [1.29, 1.82) is 0 Å². The molecule has 0 fully saturated rings. The molecule has 0 saturated heterocycles. The largest absolute Gasteiger partial charge is 0.495 e. The monoisotopic (exact) mass is 770 g/mol. The average Bonchev–Trinajstić information content (AvgIpc) is 3.72. The van der Waals surface area contributed by atoms with E-state index in [0.29, 0.717) is 16.7 Å². The summed E-state index contributed by atoms with van der Waals surface area (Å²) >= 11 is 14.5. The number of hydrogen-bond acceptors (Lipinski definition) is 6. The highest BCUT2D eigenvalue weighted by atomic mass is 35.5. The lowest BCUT2D eigenvalue weighted by Crippen LogP contribution is -2.26. The number of thiophene rings is 1. The molecule has 2 aromatic heterocycles. The lowest BCUT2D eigenvalue weighted by Gasteiger charge is -2.16. The van der Waals surface area contributed by atoms with E-state index in [-0.39, 0.29) is 0 Å². The lowest BCUT2D eigenvalue weighted by atomic mass is 9.93. The minimum atomic E-state index is 0.301. The summed E-state index contributed by atoms with van der Waals surface area (Å²) in [4.78, 5) is 9.71. The van der Waals surface area contributed by atoms with Gasteiger partial charge in [-0.1, -0.05) is 95.1 Å². The predicted octanol–water partition coefficient (Wildman–Crippen LogP) is 11.1. The zero-order valence-corrected chi connectivity index (χ0v) is 35.7. The number of likely N-dealkylation sites (N-methyl/N-ethyl adjacent to an activating group) is 2. The number of nitrogens with zero attached hydrogens (tertiary/aromatic N) is 4. The number of fused-ring (bicyclic) bond motifs is 3. The Morgan fingerprint density at radius 3 is 2.52 bits per heavy atom. The molecule has 2 aromatic rings. The molecule has 0 radical (unpaired) electrons. The first kappa shape index (κ1) is 46.9. The van der Waals surface area contributed by atoms with Gasteiger partial charge in [0.1, 0.15) is 18.7 Å². The van der Waals surface area contributed by atoms with Crippen LogP contribution in [0.2, 0.25) is 0 Å². The Kier molecular flexibility index (Phi) is 24.8. The summed E-state index contributed by atoms with van der Waals surface area (Å²) in [6.45, 7) is 25.2. The number of unbranched alkanes of at least 4 members (excludes halogenated alkanes) is 1. The molecule has 0 amide bonds. The lowest BCUT2D eigenvalue weighted by molar-refractivity contribution is 0.283. The molecular formula is C42H64Cl2N6OS. The summed E-state index contributed by atoms with van der Waals surface area (Å²) in [5, 5.41) is 12.6. The van der Waals surface area contributed by atoms with Crippen LogP contribution < -0.4 is 10.6 Å². The summed E-state index contributed by atoms with van der Waals surface area (Å²) in [6, 6.07) is 0. The van der Waals surface area contributed by atoms with Crippen LogP contribution in [0.1, 0.15) is 89.4 Å². The number of amidine groups is 1. The molecule has 288 valence electrons. The number of ether oxygens (including phenoxy) is 1. The van der Waals surface area contributed by atoms with Crippen LogP contribution in [0.3, 0.4) is 0 Å². The van der Waals surface area contributed by atoms with Crippen molar-refractivity contribution in [2.24, 2.45) is 4.99 Å². The van der Waals surface area contributed by atoms with Crippen molar-refractivity contribution in [1.82, 2.24) is 25.3 Å². The van der Waals surface area contributed by atoms with Gasteiger partial charge >= 0.3 is 0 Å². The van der Waals surface area contributed by atoms with Gasteiger partial charge in [0, 0.05) is 63.6 Å². The van der Waals surface area contributed by atoms with Crippen LogP contribution in [0.4, 0.5) is 0 Å². The van der Waals surface area contributed by atoms with Gasteiger partial charge in [0.05, 0.1) is 10.7 Å². The number of allylic oxidation sites excluding steroid dienone is 8. The second kappa shape index (κ2) is 27.5. The Labute approximate surface area is 329 Å². The van der Waals surface area contributed by atoms with Gasteiger partial charge in [0.15, 0.2) is 0 Å². The second-order valence-corrected chi connectivity index (χ2v) is 14.0. The third kappa shape index (κ3) is 16.7. The fourth-order valence-electron chi connectivity index (χ4n) is 4.95. The van der Waals surface area contributed by atoms with E-state index in [9.17, 15) is 0 Å². The number of aliphatic imine (C=N–C) groups is 1. The van der Waals surface area contributed by atoms with Crippen molar-refractivity contribution in [3.05, 3.63) is 111 Å². The molecule has 0 unspecified atom stereocenters.